The number of aromatic nitrogens is 3. The van der Waals surface area contributed by atoms with Crippen molar-refractivity contribution in [3.63, 3.8) is 0 Å². The van der Waals surface area contributed by atoms with Crippen molar-refractivity contribution < 1.29 is 23.0 Å². The van der Waals surface area contributed by atoms with Gasteiger partial charge in [0.1, 0.15) is 23.3 Å². The van der Waals surface area contributed by atoms with Gasteiger partial charge in [-0.1, -0.05) is 12.1 Å². The van der Waals surface area contributed by atoms with Crippen LogP contribution in [0.4, 0.5) is 14.6 Å². The standard InChI is InChI=1S/C24H24F2N4O3/c1-14-21(11-27-15(2)29-14)33-13-24(17-5-4-6-18(25)8-17)9-19(24)23(31)30-22-7-16(12-32-3)20(26)10-28-22/h4-8,10-11,19H,9,12-13H2,1-3H3,(H,28,30,31)/t19?,24-/m1/s1. The van der Waals surface area contributed by atoms with Crippen LogP contribution in [0.1, 0.15) is 29.1 Å². The first-order valence-electron chi connectivity index (χ1n) is 10.5. The Kier molecular flexibility index (Phi) is 6.33. The molecule has 1 aromatic carbocycles. The number of ether oxygens (including phenoxy) is 2. The van der Waals surface area contributed by atoms with E-state index in [1.807, 2.05) is 6.92 Å². The van der Waals surface area contributed by atoms with Gasteiger partial charge >= 0.3 is 0 Å². The van der Waals surface area contributed by atoms with Crippen LogP contribution >= 0.6 is 0 Å². The predicted molar refractivity (Wildman–Crippen MR) is 117 cm³/mol. The molecule has 2 atom stereocenters. The highest BCUT2D eigenvalue weighted by atomic mass is 19.1. The molecule has 2 heterocycles. The van der Waals surface area contributed by atoms with Crippen LogP contribution in [-0.2, 0) is 21.6 Å². The SMILES string of the molecule is COCc1cc(NC(=O)C2C[C@@]2(COc2cnc(C)nc2C)c2cccc(F)c2)ncc1F. The maximum Gasteiger partial charge on any atom is 0.229 e. The Labute approximate surface area is 190 Å². The van der Waals surface area contributed by atoms with Gasteiger partial charge in [-0.05, 0) is 44.0 Å². The van der Waals surface area contributed by atoms with Crippen LogP contribution in [0.2, 0.25) is 0 Å². The summed E-state index contributed by atoms with van der Waals surface area (Å²) in [4.78, 5) is 25.5. The molecule has 1 amide bonds. The Bertz CT molecular complexity index is 1190. The molecule has 4 rings (SSSR count). The first kappa shape index (κ1) is 22.7. The first-order chi connectivity index (χ1) is 15.8. The number of carbonyl (C=O) groups excluding carboxylic acids is 1. The fourth-order valence-electron chi connectivity index (χ4n) is 3.96. The van der Waals surface area contributed by atoms with E-state index in [1.54, 1.807) is 25.3 Å². The van der Waals surface area contributed by atoms with E-state index >= 15 is 0 Å². The number of anilines is 1. The number of amides is 1. The number of benzene rings is 1. The number of hydrogen-bond acceptors (Lipinski definition) is 6. The summed E-state index contributed by atoms with van der Waals surface area (Å²) in [5.74, 6) is -0.338. The molecule has 33 heavy (non-hydrogen) atoms. The van der Waals surface area contributed by atoms with Crippen molar-refractivity contribution >= 4 is 11.7 Å². The van der Waals surface area contributed by atoms with Crippen LogP contribution in [-0.4, -0.2) is 34.6 Å². The number of nitrogens with one attached hydrogen (secondary N) is 1. The van der Waals surface area contributed by atoms with Gasteiger partial charge < -0.3 is 14.8 Å². The fraction of sp³-hybridized carbons (Fsp3) is 0.333. The normalized spacial score (nSPS) is 19.2. The summed E-state index contributed by atoms with van der Waals surface area (Å²) in [6.07, 6.45) is 3.09. The van der Waals surface area contributed by atoms with Crippen LogP contribution in [0.15, 0.2) is 42.7 Å². The van der Waals surface area contributed by atoms with Crippen molar-refractivity contribution in [2.75, 3.05) is 19.0 Å². The molecular weight excluding hydrogens is 430 g/mol. The van der Waals surface area contributed by atoms with Gasteiger partial charge in [0, 0.05) is 18.1 Å². The molecule has 3 aromatic rings. The van der Waals surface area contributed by atoms with Gasteiger partial charge in [-0.25, -0.2) is 23.7 Å². The molecule has 1 fully saturated rings. The zero-order valence-electron chi connectivity index (χ0n) is 18.6. The second kappa shape index (κ2) is 9.19. The highest BCUT2D eigenvalue weighted by molar-refractivity contribution is 5.95. The molecule has 0 spiro atoms. The predicted octanol–water partition coefficient (Wildman–Crippen LogP) is 3.89. The monoisotopic (exact) mass is 454 g/mol. The van der Waals surface area contributed by atoms with E-state index in [4.69, 9.17) is 9.47 Å². The summed E-state index contributed by atoms with van der Waals surface area (Å²) in [6.45, 7) is 3.80. The summed E-state index contributed by atoms with van der Waals surface area (Å²) >= 11 is 0. The van der Waals surface area contributed by atoms with Crippen LogP contribution in [0.3, 0.4) is 0 Å². The zero-order valence-corrected chi connectivity index (χ0v) is 18.6. The lowest BCUT2D eigenvalue weighted by Gasteiger charge is -2.20. The third-order valence-corrected chi connectivity index (χ3v) is 5.82. The van der Waals surface area contributed by atoms with E-state index in [2.05, 4.69) is 20.3 Å². The van der Waals surface area contributed by atoms with E-state index in [9.17, 15) is 13.6 Å². The Morgan fingerprint density at radius 1 is 1.21 bits per heavy atom. The minimum Gasteiger partial charge on any atom is -0.489 e. The topological polar surface area (TPSA) is 86.2 Å². The van der Waals surface area contributed by atoms with Gasteiger partial charge in [0.05, 0.1) is 37.2 Å². The Hall–Kier alpha value is -3.46. The van der Waals surface area contributed by atoms with Gasteiger partial charge in [-0.2, -0.15) is 0 Å². The number of nitrogens with zero attached hydrogens (tertiary/aromatic N) is 3. The number of pyridine rings is 1. The number of halogens is 2. The minimum absolute atomic E-state index is 0.0553. The highest BCUT2D eigenvalue weighted by Crippen LogP contribution is 2.55. The molecule has 0 aliphatic heterocycles. The van der Waals surface area contributed by atoms with Crippen LogP contribution in [0, 0.1) is 31.4 Å². The van der Waals surface area contributed by atoms with E-state index in [1.165, 1.54) is 25.3 Å². The summed E-state index contributed by atoms with van der Waals surface area (Å²) in [7, 11) is 1.45. The summed E-state index contributed by atoms with van der Waals surface area (Å²) in [5, 5.41) is 2.74. The molecule has 1 N–H and O–H groups in total. The molecule has 0 radical (unpaired) electrons. The third-order valence-electron chi connectivity index (χ3n) is 5.82. The summed E-state index contributed by atoms with van der Waals surface area (Å²) in [5.41, 5.74) is 0.909. The van der Waals surface area contributed by atoms with E-state index in [0.717, 1.165) is 6.20 Å². The van der Waals surface area contributed by atoms with Gasteiger partial charge in [0.25, 0.3) is 0 Å². The van der Waals surface area contributed by atoms with Gasteiger partial charge in [0.15, 0.2) is 5.75 Å². The third kappa shape index (κ3) is 4.83. The lowest BCUT2D eigenvalue weighted by molar-refractivity contribution is -0.117. The van der Waals surface area contributed by atoms with E-state index in [-0.39, 0.29) is 30.5 Å². The molecular formula is C24H24F2N4O3. The average Bonchev–Trinajstić information content (AvgIpc) is 3.52. The molecule has 0 saturated heterocycles. The molecule has 1 unspecified atom stereocenters. The van der Waals surface area contributed by atoms with Crippen molar-refractivity contribution in [3.05, 3.63) is 77.0 Å². The molecule has 172 valence electrons. The van der Waals surface area contributed by atoms with Gasteiger partial charge in [0.2, 0.25) is 5.91 Å². The van der Waals surface area contributed by atoms with Crippen molar-refractivity contribution in [2.45, 2.75) is 32.3 Å². The van der Waals surface area contributed by atoms with E-state index in [0.29, 0.717) is 29.3 Å². The number of methoxy groups -OCH3 is 1. The van der Waals surface area contributed by atoms with Gasteiger partial charge in [-0.3, -0.25) is 4.79 Å². The maximum absolute atomic E-state index is 14.0. The Morgan fingerprint density at radius 2 is 2.03 bits per heavy atom. The van der Waals surface area contributed by atoms with Crippen molar-refractivity contribution in [1.82, 2.24) is 15.0 Å². The Balaban J connectivity index is 1.56. The molecule has 9 heteroatoms. The molecule has 0 bridgehead atoms. The first-order valence-corrected chi connectivity index (χ1v) is 10.5. The van der Waals surface area contributed by atoms with E-state index < -0.39 is 23.0 Å². The minimum atomic E-state index is -0.723. The lowest BCUT2D eigenvalue weighted by Crippen LogP contribution is -2.27. The van der Waals surface area contributed by atoms with Crippen LogP contribution in [0.25, 0.3) is 0 Å². The number of carbonyl (C=O) groups is 1. The van der Waals surface area contributed by atoms with Gasteiger partial charge in [-0.15, -0.1) is 0 Å². The summed E-state index contributed by atoms with van der Waals surface area (Å²) in [6, 6.07) is 7.60. The Morgan fingerprint density at radius 3 is 2.76 bits per heavy atom. The molecule has 1 aliphatic carbocycles. The number of aryl methyl sites for hydroxylation is 2. The lowest BCUT2D eigenvalue weighted by atomic mass is 9.93. The van der Waals surface area contributed by atoms with Crippen LogP contribution in [0.5, 0.6) is 5.75 Å². The van der Waals surface area contributed by atoms with Crippen LogP contribution < -0.4 is 10.1 Å². The number of rotatable bonds is 8. The maximum atomic E-state index is 14.0. The van der Waals surface area contributed by atoms with Crippen molar-refractivity contribution in [2.24, 2.45) is 5.92 Å². The van der Waals surface area contributed by atoms with Crippen molar-refractivity contribution in [1.29, 1.82) is 0 Å². The fourth-order valence-corrected chi connectivity index (χ4v) is 3.96. The average molecular weight is 454 g/mol. The smallest absolute Gasteiger partial charge is 0.229 e. The quantitative estimate of drug-likeness (QED) is 0.556. The number of hydrogen-bond donors (Lipinski definition) is 1. The second-order valence-corrected chi connectivity index (χ2v) is 8.16. The second-order valence-electron chi connectivity index (χ2n) is 8.16. The molecule has 2 aromatic heterocycles. The molecule has 7 nitrogen and oxygen atoms in total. The molecule has 1 saturated carbocycles. The van der Waals surface area contributed by atoms with Crippen molar-refractivity contribution in [3.8, 4) is 5.75 Å². The zero-order chi connectivity index (χ0) is 23.6. The largest absolute Gasteiger partial charge is 0.489 e. The molecule has 1 aliphatic rings. The summed E-state index contributed by atoms with van der Waals surface area (Å²) < 4.78 is 38.8. The highest BCUT2D eigenvalue weighted by Gasteiger charge is 2.60.